The number of aryl methyl sites for hydroxylation is 1. The van der Waals surface area contributed by atoms with Crippen LogP contribution in [0.1, 0.15) is 21.5 Å². The molecule has 10 heteroatoms. The molecule has 1 aliphatic rings. The minimum Gasteiger partial charge on any atom is -0.304 e. The predicted molar refractivity (Wildman–Crippen MR) is 98.0 cm³/mol. The lowest BCUT2D eigenvalue weighted by molar-refractivity contribution is 0.0988. The third-order valence-corrected chi connectivity index (χ3v) is 4.56. The summed E-state index contributed by atoms with van der Waals surface area (Å²) in [5.74, 6) is -1.09. The highest BCUT2D eigenvalue weighted by atomic mass is 35.5. The van der Waals surface area contributed by atoms with Crippen molar-refractivity contribution in [3.63, 3.8) is 0 Å². The molecule has 2 aromatic carbocycles. The van der Waals surface area contributed by atoms with Gasteiger partial charge in [-0.15, -0.1) is 4.28 Å². The van der Waals surface area contributed by atoms with E-state index in [0.29, 0.717) is 5.56 Å². The Kier molecular flexibility index (Phi) is 5.20. The number of fused-ring (bicyclic) bond motifs is 1. The number of carbonyl (C=O) groups is 1. The minimum absolute atomic E-state index is 0.0410. The average molecular weight is 413 g/mol. The molecular weight excluding hydrogens is 399 g/mol. The van der Waals surface area contributed by atoms with Crippen molar-refractivity contribution in [2.75, 3.05) is 11.4 Å². The number of benzene rings is 2. The highest BCUT2D eigenvalue weighted by molar-refractivity contribution is 7.80. The van der Waals surface area contributed by atoms with Crippen molar-refractivity contribution in [1.82, 2.24) is 5.48 Å². The van der Waals surface area contributed by atoms with Gasteiger partial charge in [-0.3, -0.25) is 9.35 Å². The van der Waals surface area contributed by atoms with Crippen LogP contribution in [0.5, 0.6) is 0 Å². The van der Waals surface area contributed by atoms with Gasteiger partial charge in [0.15, 0.2) is 0 Å². The van der Waals surface area contributed by atoms with Crippen LogP contribution in [0.15, 0.2) is 42.5 Å². The maximum Gasteiger partial charge on any atom is 0.418 e. The topological polar surface area (TPSA) is 95.9 Å². The van der Waals surface area contributed by atoms with E-state index in [1.54, 1.807) is 31.2 Å². The zero-order chi connectivity index (χ0) is 19.8. The molecule has 2 aromatic rings. The first kappa shape index (κ1) is 19.3. The van der Waals surface area contributed by atoms with Gasteiger partial charge in [-0.2, -0.15) is 8.42 Å². The van der Waals surface area contributed by atoms with Gasteiger partial charge in [-0.1, -0.05) is 29.8 Å². The van der Waals surface area contributed by atoms with E-state index in [9.17, 15) is 17.6 Å². The summed E-state index contributed by atoms with van der Waals surface area (Å²) in [5, 5.41) is -0.201. The monoisotopic (exact) mass is 412 g/mol. The fraction of sp³-hybridized carbons (Fsp3) is 0.118. The first-order valence-electron chi connectivity index (χ1n) is 7.66. The maximum absolute atomic E-state index is 14.0. The largest absolute Gasteiger partial charge is 0.418 e. The molecule has 7 nitrogen and oxygen atoms in total. The summed E-state index contributed by atoms with van der Waals surface area (Å²) in [6.07, 6.45) is 1.43. The van der Waals surface area contributed by atoms with E-state index in [1.807, 2.05) is 0 Å². The van der Waals surface area contributed by atoms with E-state index in [4.69, 9.17) is 16.2 Å². The van der Waals surface area contributed by atoms with Gasteiger partial charge in [0, 0.05) is 17.7 Å². The number of anilines is 1. The molecule has 0 saturated carbocycles. The van der Waals surface area contributed by atoms with Gasteiger partial charge in [0.2, 0.25) is 0 Å². The third-order valence-electron chi connectivity index (χ3n) is 3.98. The second-order valence-corrected chi connectivity index (χ2v) is 7.17. The maximum atomic E-state index is 14.0. The lowest BCUT2D eigenvalue weighted by Crippen LogP contribution is -2.36. The first-order valence-corrected chi connectivity index (χ1v) is 9.40. The smallest absolute Gasteiger partial charge is 0.304 e. The van der Waals surface area contributed by atoms with Crippen LogP contribution in [0.4, 0.5) is 10.1 Å². The number of amides is 1. The van der Waals surface area contributed by atoms with E-state index < -0.39 is 16.2 Å². The van der Waals surface area contributed by atoms with E-state index in [-0.39, 0.29) is 34.4 Å². The number of nitrogens with one attached hydrogen (secondary N) is 1. The van der Waals surface area contributed by atoms with Crippen molar-refractivity contribution in [1.29, 1.82) is 0 Å². The second-order valence-electron chi connectivity index (χ2n) is 5.75. The zero-order valence-electron chi connectivity index (χ0n) is 13.9. The van der Waals surface area contributed by atoms with Crippen LogP contribution in [0.3, 0.4) is 0 Å². The standard InChI is InChI=1S/C17H14ClFN2O5S/c1-10-4-2-3-5-11(10)17(22)21-7-6-15(20-26-27(23,24)25)12-8-14(19)13(18)9-16(12)21/h2-6,8-9,20H,7H2,1H3,(H,23,24,25). The lowest BCUT2D eigenvalue weighted by atomic mass is 10.0. The highest BCUT2D eigenvalue weighted by Crippen LogP contribution is 2.35. The van der Waals surface area contributed by atoms with E-state index in [1.165, 1.54) is 17.0 Å². The molecule has 142 valence electrons. The number of rotatable bonds is 4. The Labute approximate surface area is 159 Å². The van der Waals surface area contributed by atoms with Crippen molar-refractivity contribution in [2.45, 2.75) is 6.92 Å². The summed E-state index contributed by atoms with van der Waals surface area (Å²) in [4.78, 5) is 14.4. The number of hydrogen-bond acceptors (Lipinski definition) is 5. The van der Waals surface area contributed by atoms with Gasteiger partial charge in [0.1, 0.15) is 5.82 Å². The number of nitrogens with zero attached hydrogens (tertiary/aromatic N) is 1. The Hall–Kier alpha value is -2.46. The quantitative estimate of drug-likeness (QED) is 0.591. The number of carbonyl (C=O) groups excluding carboxylic acids is 1. The SMILES string of the molecule is Cc1ccccc1C(=O)N1CC=C(NOS(=O)(=O)O)c2cc(F)c(Cl)cc21. The Morgan fingerprint density at radius 1 is 1.33 bits per heavy atom. The fourth-order valence-corrected chi connectivity index (χ4v) is 3.06. The number of hydroxylamine groups is 1. The Morgan fingerprint density at radius 3 is 2.70 bits per heavy atom. The lowest BCUT2D eigenvalue weighted by Gasteiger charge is -2.30. The average Bonchev–Trinajstić information content (AvgIpc) is 2.60. The molecule has 0 saturated heterocycles. The van der Waals surface area contributed by atoms with Crippen molar-refractivity contribution in [3.05, 3.63) is 70.0 Å². The summed E-state index contributed by atoms with van der Waals surface area (Å²) in [6, 6.07) is 9.30. The third kappa shape index (κ3) is 4.11. The van der Waals surface area contributed by atoms with Gasteiger partial charge in [-0.05, 0) is 36.8 Å². The molecule has 0 radical (unpaired) electrons. The highest BCUT2D eigenvalue weighted by Gasteiger charge is 2.27. The Morgan fingerprint density at radius 2 is 2.04 bits per heavy atom. The molecule has 0 bridgehead atoms. The van der Waals surface area contributed by atoms with Crippen LogP contribution in [0.25, 0.3) is 5.70 Å². The van der Waals surface area contributed by atoms with Crippen LogP contribution in [-0.2, 0) is 14.7 Å². The van der Waals surface area contributed by atoms with Crippen LogP contribution in [0, 0.1) is 12.7 Å². The van der Waals surface area contributed by atoms with Crippen LogP contribution >= 0.6 is 11.6 Å². The van der Waals surface area contributed by atoms with E-state index >= 15 is 0 Å². The van der Waals surface area contributed by atoms with Crippen LogP contribution in [-0.4, -0.2) is 25.4 Å². The summed E-state index contributed by atoms with van der Waals surface area (Å²) in [6.45, 7) is 1.83. The second kappa shape index (κ2) is 7.28. The molecule has 0 atom stereocenters. The summed E-state index contributed by atoms with van der Waals surface area (Å²) in [7, 11) is -4.78. The Bertz CT molecular complexity index is 1060. The van der Waals surface area contributed by atoms with E-state index in [2.05, 4.69) is 9.76 Å². The van der Waals surface area contributed by atoms with Gasteiger partial charge < -0.3 is 4.90 Å². The Balaban J connectivity index is 2.03. The van der Waals surface area contributed by atoms with Crippen molar-refractivity contribution >= 4 is 39.3 Å². The molecule has 0 fully saturated rings. The molecular formula is C17H14ClFN2O5S. The van der Waals surface area contributed by atoms with Crippen LogP contribution < -0.4 is 10.4 Å². The summed E-state index contributed by atoms with van der Waals surface area (Å²) in [5.41, 5.74) is 3.75. The molecule has 1 heterocycles. The predicted octanol–water partition coefficient (Wildman–Crippen LogP) is 3.11. The first-order chi connectivity index (χ1) is 12.7. The van der Waals surface area contributed by atoms with Crippen molar-refractivity contribution in [3.8, 4) is 0 Å². The summed E-state index contributed by atoms with van der Waals surface area (Å²) < 4.78 is 48.4. The summed E-state index contributed by atoms with van der Waals surface area (Å²) >= 11 is 5.87. The molecule has 3 rings (SSSR count). The molecule has 1 amide bonds. The molecule has 0 aliphatic carbocycles. The molecule has 0 spiro atoms. The molecule has 0 unspecified atom stereocenters. The molecule has 2 N–H and O–H groups in total. The fourth-order valence-electron chi connectivity index (χ4n) is 2.71. The molecule has 27 heavy (non-hydrogen) atoms. The van der Waals surface area contributed by atoms with Gasteiger partial charge in [-0.25, -0.2) is 9.87 Å². The normalized spacial score (nSPS) is 13.8. The van der Waals surface area contributed by atoms with Crippen LogP contribution in [0.2, 0.25) is 5.02 Å². The van der Waals surface area contributed by atoms with Gasteiger partial charge in [0.05, 0.1) is 16.4 Å². The number of halogens is 2. The molecule has 0 aromatic heterocycles. The van der Waals surface area contributed by atoms with Gasteiger partial charge in [0.25, 0.3) is 5.91 Å². The molecule has 1 aliphatic heterocycles. The van der Waals surface area contributed by atoms with Crippen molar-refractivity contribution in [2.24, 2.45) is 0 Å². The van der Waals surface area contributed by atoms with Crippen molar-refractivity contribution < 1.29 is 26.4 Å². The van der Waals surface area contributed by atoms with E-state index in [0.717, 1.165) is 11.6 Å². The van der Waals surface area contributed by atoms with Gasteiger partial charge >= 0.3 is 10.4 Å². The number of hydrogen-bond donors (Lipinski definition) is 2. The zero-order valence-corrected chi connectivity index (χ0v) is 15.5. The minimum atomic E-state index is -4.78.